The zero-order valence-electron chi connectivity index (χ0n) is 23.5. The van der Waals surface area contributed by atoms with Crippen molar-refractivity contribution in [3.8, 4) is 11.4 Å². The minimum Gasteiger partial charge on any atom is -0.295 e. The van der Waals surface area contributed by atoms with Crippen LogP contribution in [-0.2, 0) is 14.3 Å². The van der Waals surface area contributed by atoms with Crippen molar-refractivity contribution in [2.45, 2.75) is 30.8 Å². The van der Waals surface area contributed by atoms with Gasteiger partial charge in [0.2, 0.25) is 0 Å². The van der Waals surface area contributed by atoms with Crippen molar-refractivity contribution in [2.75, 3.05) is 0 Å². The van der Waals surface area contributed by atoms with Crippen molar-refractivity contribution in [1.82, 2.24) is 19.6 Å². The van der Waals surface area contributed by atoms with Crippen molar-refractivity contribution in [3.05, 3.63) is 159 Å². The van der Waals surface area contributed by atoms with Crippen LogP contribution >= 0.6 is 0 Å². The van der Waals surface area contributed by atoms with Gasteiger partial charge >= 0.3 is 0 Å². The van der Waals surface area contributed by atoms with E-state index in [2.05, 4.69) is 10.2 Å². The number of H-pyrrole nitrogens is 2. The van der Waals surface area contributed by atoms with E-state index in [-0.39, 0.29) is 16.0 Å². The van der Waals surface area contributed by atoms with Crippen molar-refractivity contribution in [3.63, 3.8) is 0 Å². The van der Waals surface area contributed by atoms with E-state index in [1.807, 2.05) is 60.7 Å². The highest BCUT2D eigenvalue weighted by Gasteiger charge is 2.40. The average Bonchev–Trinajstić information content (AvgIpc) is 3.49. The Balaban J connectivity index is 1.54. The Bertz CT molecular complexity index is 1940. The fourth-order valence-electron chi connectivity index (χ4n) is 5.69. The third-order valence-electron chi connectivity index (χ3n) is 7.66. The Kier molecular flexibility index (Phi) is 7.47. The molecule has 0 aliphatic heterocycles. The molecule has 0 radical (unpaired) electrons. The third-order valence-corrected chi connectivity index (χ3v) is 8.99. The van der Waals surface area contributed by atoms with E-state index in [0.29, 0.717) is 33.9 Å². The van der Waals surface area contributed by atoms with E-state index < -0.39 is 28.1 Å². The van der Waals surface area contributed by atoms with Crippen LogP contribution in [0.5, 0.6) is 0 Å². The van der Waals surface area contributed by atoms with E-state index >= 15 is 0 Å². The number of nitrogens with zero attached hydrogens (tertiary/aromatic N) is 2. The molecule has 3 aromatic carbocycles. The number of hydrogen-bond donors (Lipinski definition) is 2. The minimum absolute atomic E-state index is 0.0155. The maximum atomic E-state index is 14.2. The van der Waals surface area contributed by atoms with Gasteiger partial charge in [0.1, 0.15) is 6.10 Å². The third kappa shape index (κ3) is 5.26. The molecule has 218 valence electrons. The van der Waals surface area contributed by atoms with E-state index in [0.717, 1.165) is 0 Å². The molecule has 2 N–H and O–H groups in total. The Morgan fingerprint density at radius 3 is 1.60 bits per heavy atom. The summed E-state index contributed by atoms with van der Waals surface area (Å²) >= 11 is 0. The number of allylic oxidation sites excluding steroid dienone is 2. The molecule has 0 saturated heterocycles. The number of para-hydroxylation sites is 2. The van der Waals surface area contributed by atoms with Gasteiger partial charge in [-0.15, -0.1) is 0 Å². The number of aromatic amines is 2. The normalized spacial score (nSPS) is 16.6. The Morgan fingerprint density at radius 2 is 1.12 bits per heavy atom. The first-order valence-corrected chi connectivity index (χ1v) is 15.2. The fraction of sp³-hybridized carbons (Fsp3) is 0.152. The van der Waals surface area contributed by atoms with Crippen LogP contribution in [0.3, 0.4) is 0 Å². The molecule has 0 amide bonds. The SMILES string of the molecule is Cc1[nH]n(-c2ccccc2)c(=O)c1C(c1c(C)[nH]n(-c2ccccc2)c1=O)[C@@H]1C=CC=C[C@@H]1OS(=O)(=O)c1ccccc1. The summed E-state index contributed by atoms with van der Waals surface area (Å²) in [6.07, 6.45) is 5.93. The quantitative estimate of drug-likeness (QED) is 0.248. The fourth-order valence-corrected chi connectivity index (χ4v) is 6.78. The van der Waals surface area contributed by atoms with Gasteiger partial charge in [-0.2, -0.15) is 8.42 Å². The largest absolute Gasteiger partial charge is 0.297 e. The number of rotatable bonds is 8. The number of aryl methyl sites for hydroxylation is 2. The smallest absolute Gasteiger partial charge is 0.295 e. The Hall–Kier alpha value is -4.93. The molecule has 0 spiro atoms. The summed E-state index contributed by atoms with van der Waals surface area (Å²) in [7, 11) is -4.17. The van der Waals surface area contributed by atoms with Gasteiger partial charge in [-0.1, -0.05) is 78.9 Å². The highest BCUT2D eigenvalue weighted by molar-refractivity contribution is 7.86. The molecule has 43 heavy (non-hydrogen) atoms. The van der Waals surface area contributed by atoms with Crippen LogP contribution in [0.1, 0.15) is 28.4 Å². The van der Waals surface area contributed by atoms with Crippen LogP contribution in [0.4, 0.5) is 0 Å². The first-order chi connectivity index (χ1) is 20.8. The predicted octanol–water partition coefficient (Wildman–Crippen LogP) is 4.91. The molecule has 0 fully saturated rings. The molecule has 10 heteroatoms. The predicted molar refractivity (Wildman–Crippen MR) is 164 cm³/mol. The van der Waals surface area contributed by atoms with Gasteiger partial charge in [0.05, 0.1) is 16.3 Å². The lowest BCUT2D eigenvalue weighted by molar-refractivity contribution is 0.197. The molecule has 0 saturated carbocycles. The zero-order chi connectivity index (χ0) is 30.1. The molecular weight excluding hydrogens is 564 g/mol. The van der Waals surface area contributed by atoms with Gasteiger partial charge in [0.25, 0.3) is 21.2 Å². The summed E-state index contributed by atoms with van der Waals surface area (Å²) in [4.78, 5) is 28.4. The summed E-state index contributed by atoms with van der Waals surface area (Å²) < 4.78 is 35.4. The maximum absolute atomic E-state index is 14.2. The number of aromatic nitrogens is 4. The van der Waals surface area contributed by atoms with Crippen LogP contribution < -0.4 is 11.1 Å². The summed E-state index contributed by atoms with van der Waals surface area (Å²) in [5, 5.41) is 6.34. The molecule has 6 rings (SSSR count). The van der Waals surface area contributed by atoms with Crippen LogP contribution in [-0.4, -0.2) is 34.1 Å². The molecular formula is C33H30N4O5S. The summed E-state index contributed by atoms with van der Waals surface area (Å²) in [6, 6.07) is 26.2. The second-order valence-electron chi connectivity index (χ2n) is 10.4. The molecule has 1 aliphatic carbocycles. The molecule has 0 bridgehead atoms. The molecule has 1 aliphatic rings. The van der Waals surface area contributed by atoms with Crippen molar-refractivity contribution >= 4 is 10.1 Å². The van der Waals surface area contributed by atoms with Crippen LogP contribution in [0.15, 0.2) is 130 Å². The number of hydrogen-bond acceptors (Lipinski definition) is 5. The highest BCUT2D eigenvalue weighted by Crippen LogP contribution is 2.38. The van der Waals surface area contributed by atoms with Gasteiger partial charge in [0.15, 0.2) is 0 Å². The molecule has 2 heterocycles. The average molecular weight is 595 g/mol. The second-order valence-corrected chi connectivity index (χ2v) is 12.0. The lowest BCUT2D eigenvalue weighted by atomic mass is 9.76. The molecule has 9 nitrogen and oxygen atoms in total. The van der Waals surface area contributed by atoms with Crippen LogP contribution in [0, 0.1) is 19.8 Å². The highest BCUT2D eigenvalue weighted by atomic mass is 32.2. The van der Waals surface area contributed by atoms with Gasteiger partial charge < -0.3 is 0 Å². The van der Waals surface area contributed by atoms with Gasteiger partial charge in [-0.3, -0.25) is 24.0 Å². The monoisotopic (exact) mass is 594 g/mol. The maximum Gasteiger partial charge on any atom is 0.297 e. The Morgan fingerprint density at radius 1 is 0.674 bits per heavy atom. The van der Waals surface area contributed by atoms with E-state index in [9.17, 15) is 18.0 Å². The lowest BCUT2D eigenvalue weighted by Crippen LogP contribution is -2.35. The zero-order valence-corrected chi connectivity index (χ0v) is 24.4. The summed E-state index contributed by atoms with van der Waals surface area (Å²) in [5.74, 6) is -1.58. The number of benzene rings is 3. The van der Waals surface area contributed by atoms with Crippen LogP contribution in [0.2, 0.25) is 0 Å². The van der Waals surface area contributed by atoms with Gasteiger partial charge in [-0.05, 0) is 50.2 Å². The van der Waals surface area contributed by atoms with Crippen molar-refractivity contribution in [1.29, 1.82) is 0 Å². The van der Waals surface area contributed by atoms with Gasteiger partial charge in [-0.25, -0.2) is 9.36 Å². The Labute approximate surface area is 248 Å². The first kappa shape index (κ1) is 28.2. The van der Waals surface area contributed by atoms with Crippen molar-refractivity contribution < 1.29 is 12.6 Å². The minimum atomic E-state index is -4.17. The molecule has 2 atom stereocenters. The molecule has 2 aromatic heterocycles. The number of nitrogens with one attached hydrogen (secondary N) is 2. The van der Waals surface area contributed by atoms with Crippen LogP contribution in [0.25, 0.3) is 11.4 Å². The molecule has 0 unspecified atom stereocenters. The lowest BCUT2D eigenvalue weighted by Gasteiger charge is -2.30. The van der Waals surface area contributed by atoms with E-state index in [4.69, 9.17) is 4.18 Å². The molecule has 5 aromatic rings. The summed E-state index contributed by atoms with van der Waals surface area (Å²) in [5.41, 5.74) is 2.38. The van der Waals surface area contributed by atoms with E-state index in [1.165, 1.54) is 21.5 Å². The topological polar surface area (TPSA) is 119 Å². The second kappa shape index (κ2) is 11.4. The van der Waals surface area contributed by atoms with Gasteiger partial charge in [0, 0.05) is 34.4 Å². The summed E-state index contributed by atoms with van der Waals surface area (Å²) in [6.45, 7) is 3.56. The standard InChI is InChI=1S/C33H30N4O5S/c1-22-29(32(38)36(34-22)24-14-6-3-7-15-24)31(30-23(2)35-37(33(30)39)25-16-8-4-9-17-25)27-20-12-13-21-28(27)42-43(40,41)26-18-10-5-11-19-26/h3-21,27-28,31,34-35H,1-2H3/t27-,28+/m1/s1. The van der Waals surface area contributed by atoms with Crippen molar-refractivity contribution in [2.24, 2.45) is 5.92 Å². The van der Waals surface area contributed by atoms with E-state index in [1.54, 1.807) is 56.4 Å². The first-order valence-electron chi connectivity index (χ1n) is 13.8.